The first-order valence-corrected chi connectivity index (χ1v) is 9.08. The third-order valence-corrected chi connectivity index (χ3v) is 5.19. The van der Waals surface area contributed by atoms with Crippen molar-refractivity contribution in [1.82, 2.24) is 15.1 Å². The number of hydrogen-bond acceptors (Lipinski definition) is 3. The number of carbonyl (C=O) groups is 1. The van der Waals surface area contributed by atoms with Crippen molar-refractivity contribution in [3.63, 3.8) is 0 Å². The topological polar surface area (TPSA) is 35.6 Å². The van der Waals surface area contributed by atoms with Crippen LogP contribution in [0.3, 0.4) is 0 Å². The maximum absolute atomic E-state index is 12.6. The van der Waals surface area contributed by atoms with Crippen LogP contribution in [0.25, 0.3) is 0 Å². The van der Waals surface area contributed by atoms with Crippen LogP contribution in [0.4, 0.5) is 0 Å². The molecule has 1 amide bonds. The Morgan fingerprint density at radius 1 is 1.08 bits per heavy atom. The number of amides is 1. The first-order chi connectivity index (χ1) is 11.2. The van der Waals surface area contributed by atoms with Crippen LogP contribution in [0.5, 0.6) is 0 Å². The molecule has 1 aromatic rings. The maximum atomic E-state index is 12.6. The summed E-state index contributed by atoms with van der Waals surface area (Å²) in [6.45, 7) is 7.26. The van der Waals surface area contributed by atoms with Gasteiger partial charge in [0.15, 0.2) is 0 Å². The summed E-state index contributed by atoms with van der Waals surface area (Å²) in [6, 6.07) is 7.22. The Hall–Kier alpha value is -0.810. The van der Waals surface area contributed by atoms with Crippen LogP contribution in [0.1, 0.15) is 29.6 Å². The fourth-order valence-electron chi connectivity index (χ4n) is 3.56. The molecule has 24 heavy (non-hydrogen) atoms. The number of piperidine rings is 1. The van der Waals surface area contributed by atoms with Gasteiger partial charge in [-0.1, -0.05) is 11.6 Å². The van der Waals surface area contributed by atoms with E-state index in [1.807, 2.05) is 17.0 Å². The van der Waals surface area contributed by atoms with Gasteiger partial charge in [-0.15, -0.1) is 12.4 Å². The fourth-order valence-corrected chi connectivity index (χ4v) is 3.69. The van der Waals surface area contributed by atoms with Gasteiger partial charge in [0.1, 0.15) is 0 Å². The molecule has 2 heterocycles. The molecule has 134 valence electrons. The zero-order chi connectivity index (χ0) is 16.1. The third-order valence-electron chi connectivity index (χ3n) is 4.94. The normalized spacial score (nSPS) is 20.3. The van der Waals surface area contributed by atoms with E-state index >= 15 is 0 Å². The molecule has 0 aliphatic carbocycles. The number of carbonyl (C=O) groups excluding carboxylic acids is 1. The first-order valence-electron chi connectivity index (χ1n) is 8.70. The van der Waals surface area contributed by atoms with E-state index in [9.17, 15) is 4.79 Å². The van der Waals surface area contributed by atoms with E-state index in [-0.39, 0.29) is 18.3 Å². The molecule has 4 nitrogen and oxygen atoms in total. The summed E-state index contributed by atoms with van der Waals surface area (Å²) >= 11 is 5.90. The van der Waals surface area contributed by atoms with Crippen molar-refractivity contribution in [3.8, 4) is 0 Å². The van der Waals surface area contributed by atoms with E-state index in [0.29, 0.717) is 5.02 Å². The molecular formula is C18H27Cl2N3O. The van der Waals surface area contributed by atoms with E-state index in [2.05, 4.69) is 10.2 Å². The fraction of sp³-hybridized carbons (Fsp3) is 0.611. The van der Waals surface area contributed by atoms with E-state index in [1.165, 1.54) is 19.4 Å². The minimum Gasteiger partial charge on any atom is -0.337 e. The minimum absolute atomic E-state index is 0. The lowest BCUT2D eigenvalue weighted by atomic mass is 9.97. The van der Waals surface area contributed by atoms with Crippen LogP contribution in [0.2, 0.25) is 5.02 Å². The summed E-state index contributed by atoms with van der Waals surface area (Å²) in [4.78, 5) is 17.2. The molecule has 0 bridgehead atoms. The van der Waals surface area contributed by atoms with Gasteiger partial charge in [-0.25, -0.2) is 0 Å². The Labute approximate surface area is 155 Å². The van der Waals surface area contributed by atoms with Gasteiger partial charge in [-0.2, -0.15) is 0 Å². The Kier molecular flexibility index (Phi) is 7.82. The van der Waals surface area contributed by atoms with Crippen molar-refractivity contribution in [2.45, 2.75) is 19.3 Å². The van der Waals surface area contributed by atoms with Gasteiger partial charge < -0.3 is 15.1 Å². The van der Waals surface area contributed by atoms with Gasteiger partial charge in [-0.05, 0) is 69.1 Å². The highest BCUT2D eigenvalue weighted by Gasteiger charge is 2.22. The molecule has 6 heteroatoms. The number of nitrogens with one attached hydrogen (secondary N) is 1. The first kappa shape index (κ1) is 19.5. The summed E-state index contributed by atoms with van der Waals surface area (Å²) in [6.07, 6.45) is 3.62. The Bertz CT molecular complexity index is 518. The lowest BCUT2D eigenvalue weighted by molar-refractivity contribution is 0.0760. The third kappa shape index (κ3) is 5.35. The minimum atomic E-state index is 0. The number of halogens is 2. The number of hydrogen-bond donors (Lipinski definition) is 1. The van der Waals surface area contributed by atoms with Crippen molar-refractivity contribution in [2.75, 3.05) is 45.8 Å². The second kappa shape index (κ2) is 9.62. The molecule has 0 unspecified atom stereocenters. The van der Waals surface area contributed by atoms with Gasteiger partial charge in [0.05, 0.1) is 0 Å². The average molecular weight is 372 g/mol. The predicted molar refractivity (Wildman–Crippen MR) is 101 cm³/mol. The zero-order valence-electron chi connectivity index (χ0n) is 14.0. The molecule has 0 spiro atoms. The standard InChI is InChI=1S/C18H26ClN3O.ClH/c19-17-4-2-16(3-5-17)18(23)22-11-1-10-21(12-13-22)14-15-6-8-20-9-7-15;/h2-5,15,20H,1,6-14H2;1H. The van der Waals surface area contributed by atoms with Crippen LogP contribution in [0.15, 0.2) is 24.3 Å². The van der Waals surface area contributed by atoms with Gasteiger partial charge in [0.2, 0.25) is 0 Å². The molecule has 1 N–H and O–H groups in total. The number of benzene rings is 1. The van der Waals surface area contributed by atoms with Gasteiger partial charge >= 0.3 is 0 Å². The molecule has 0 radical (unpaired) electrons. The SMILES string of the molecule is Cl.O=C(c1ccc(Cl)cc1)N1CCCN(CC2CCNCC2)CC1. The molecule has 0 saturated carbocycles. The summed E-state index contributed by atoms with van der Waals surface area (Å²) < 4.78 is 0. The monoisotopic (exact) mass is 371 g/mol. The molecule has 0 atom stereocenters. The second-order valence-electron chi connectivity index (χ2n) is 6.65. The van der Waals surface area contributed by atoms with E-state index < -0.39 is 0 Å². The lowest BCUT2D eigenvalue weighted by Gasteiger charge is -2.29. The van der Waals surface area contributed by atoms with Crippen LogP contribution < -0.4 is 5.32 Å². The summed E-state index contributed by atoms with van der Waals surface area (Å²) in [5.41, 5.74) is 0.737. The second-order valence-corrected chi connectivity index (χ2v) is 7.08. The molecule has 0 aromatic heterocycles. The van der Waals surface area contributed by atoms with Crippen molar-refractivity contribution < 1.29 is 4.79 Å². The smallest absolute Gasteiger partial charge is 0.253 e. The molecule has 3 rings (SSSR count). The Morgan fingerprint density at radius 2 is 1.79 bits per heavy atom. The Balaban J connectivity index is 0.00000208. The largest absolute Gasteiger partial charge is 0.337 e. The number of rotatable bonds is 3. The highest BCUT2D eigenvalue weighted by molar-refractivity contribution is 6.30. The zero-order valence-corrected chi connectivity index (χ0v) is 15.6. The van der Waals surface area contributed by atoms with Gasteiger partial charge in [0.25, 0.3) is 5.91 Å². The predicted octanol–water partition coefficient (Wildman–Crippen LogP) is 2.91. The van der Waals surface area contributed by atoms with E-state index in [1.54, 1.807) is 12.1 Å². The van der Waals surface area contributed by atoms with Crippen molar-refractivity contribution in [2.24, 2.45) is 5.92 Å². The van der Waals surface area contributed by atoms with Gasteiger partial charge in [0, 0.05) is 36.8 Å². The molecule has 2 saturated heterocycles. The van der Waals surface area contributed by atoms with E-state index in [4.69, 9.17) is 11.6 Å². The number of nitrogens with zero attached hydrogens (tertiary/aromatic N) is 2. The van der Waals surface area contributed by atoms with Crippen molar-refractivity contribution in [1.29, 1.82) is 0 Å². The van der Waals surface area contributed by atoms with Crippen molar-refractivity contribution in [3.05, 3.63) is 34.9 Å². The molecule has 2 fully saturated rings. The summed E-state index contributed by atoms with van der Waals surface area (Å²) in [5, 5.41) is 4.10. The molecule has 2 aliphatic rings. The molecule has 1 aromatic carbocycles. The van der Waals surface area contributed by atoms with Crippen LogP contribution >= 0.6 is 24.0 Å². The lowest BCUT2D eigenvalue weighted by Crippen LogP contribution is -2.39. The average Bonchev–Trinajstić information content (AvgIpc) is 2.81. The highest BCUT2D eigenvalue weighted by Crippen LogP contribution is 2.16. The molecule has 2 aliphatic heterocycles. The maximum Gasteiger partial charge on any atom is 0.253 e. The van der Waals surface area contributed by atoms with Crippen LogP contribution in [0, 0.1) is 5.92 Å². The van der Waals surface area contributed by atoms with E-state index in [0.717, 1.165) is 57.2 Å². The van der Waals surface area contributed by atoms with Crippen molar-refractivity contribution >= 4 is 29.9 Å². The van der Waals surface area contributed by atoms with Crippen LogP contribution in [-0.2, 0) is 0 Å². The quantitative estimate of drug-likeness (QED) is 0.886. The highest BCUT2D eigenvalue weighted by atomic mass is 35.5. The summed E-state index contributed by atoms with van der Waals surface area (Å²) in [7, 11) is 0. The Morgan fingerprint density at radius 3 is 2.50 bits per heavy atom. The summed E-state index contributed by atoms with van der Waals surface area (Å²) in [5.74, 6) is 0.945. The van der Waals surface area contributed by atoms with Gasteiger partial charge in [-0.3, -0.25) is 4.79 Å². The van der Waals surface area contributed by atoms with Crippen LogP contribution in [-0.4, -0.2) is 61.5 Å². The molecular weight excluding hydrogens is 345 g/mol.